The standard InChI is InChI=1S/C19H15N5O3/c25-18(22-24-12-21-14-8-4-5-9-16(14)24)11-20-19(26)15-10-17(27-23-15)13-6-2-1-3-7-13/h1-10,12H,11H2,(H,20,26)(H,22,25). The number of para-hydroxylation sites is 2. The van der Waals surface area contributed by atoms with Crippen molar-refractivity contribution in [1.29, 1.82) is 0 Å². The Kier molecular flexibility index (Phi) is 4.36. The van der Waals surface area contributed by atoms with Gasteiger partial charge in [-0.3, -0.25) is 15.0 Å². The lowest BCUT2D eigenvalue weighted by Gasteiger charge is -2.07. The molecule has 4 aromatic rings. The van der Waals surface area contributed by atoms with E-state index in [-0.39, 0.29) is 12.2 Å². The molecule has 0 saturated heterocycles. The first-order chi connectivity index (χ1) is 13.2. The summed E-state index contributed by atoms with van der Waals surface area (Å²) in [6, 6.07) is 18.2. The number of nitrogens with one attached hydrogen (secondary N) is 2. The van der Waals surface area contributed by atoms with Crippen LogP contribution in [-0.2, 0) is 4.79 Å². The Labute approximate surface area is 153 Å². The Morgan fingerprint density at radius 2 is 1.81 bits per heavy atom. The van der Waals surface area contributed by atoms with Crippen LogP contribution in [0.3, 0.4) is 0 Å². The van der Waals surface area contributed by atoms with Crippen LogP contribution in [0.1, 0.15) is 10.5 Å². The molecule has 0 atom stereocenters. The molecule has 0 unspecified atom stereocenters. The fourth-order valence-electron chi connectivity index (χ4n) is 2.59. The summed E-state index contributed by atoms with van der Waals surface area (Å²) in [4.78, 5) is 28.5. The van der Waals surface area contributed by atoms with Gasteiger partial charge in [0.15, 0.2) is 11.5 Å². The van der Waals surface area contributed by atoms with Gasteiger partial charge < -0.3 is 9.84 Å². The highest BCUT2D eigenvalue weighted by Gasteiger charge is 2.15. The fraction of sp³-hybridized carbons (Fsp3) is 0.0526. The van der Waals surface area contributed by atoms with Crippen molar-refractivity contribution in [2.75, 3.05) is 12.0 Å². The number of amides is 2. The van der Waals surface area contributed by atoms with Gasteiger partial charge in [0.05, 0.1) is 17.6 Å². The molecule has 2 aromatic heterocycles. The number of aromatic nitrogens is 3. The minimum atomic E-state index is -0.494. The van der Waals surface area contributed by atoms with Crippen molar-refractivity contribution in [2.45, 2.75) is 0 Å². The highest BCUT2D eigenvalue weighted by atomic mass is 16.5. The van der Waals surface area contributed by atoms with Gasteiger partial charge in [0.2, 0.25) is 0 Å². The van der Waals surface area contributed by atoms with Gasteiger partial charge in [0.25, 0.3) is 11.8 Å². The van der Waals surface area contributed by atoms with E-state index in [1.807, 2.05) is 54.6 Å². The molecule has 2 aromatic carbocycles. The summed E-state index contributed by atoms with van der Waals surface area (Å²) in [7, 11) is 0. The highest BCUT2D eigenvalue weighted by Crippen LogP contribution is 2.19. The van der Waals surface area contributed by atoms with Gasteiger partial charge >= 0.3 is 0 Å². The molecule has 2 amide bonds. The maximum atomic E-state index is 12.2. The number of rotatable bonds is 5. The molecule has 0 spiro atoms. The first-order valence-electron chi connectivity index (χ1n) is 8.23. The summed E-state index contributed by atoms with van der Waals surface area (Å²) < 4.78 is 6.70. The number of carbonyl (C=O) groups excluding carboxylic acids is 2. The van der Waals surface area contributed by atoms with Crippen LogP contribution in [-0.4, -0.2) is 33.2 Å². The van der Waals surface area contributed by atoms with Crippen LogP contribution in [0.2, 0.25) is 0 Å². The molecular formula is C19H15N5O3. The van der Waals surface area contributed by atoms with Crippen molar-refractivity contribution < 1.29 is 14.1 Å². The number of nitrogens with zero attached hydrogens (tertiary/aromatic N) is 3. The van der Waals surface area contributed by atoms with Crippen LogP contribution < -0.4 is 10.7 Å². The molecule has 8 nitrogen and oxygen atoms in total. The van der Waals surface area contributed by atoms with Gasteiger partial charge in [0.1, 0.15) is 6.33 Å². The van der Waals surface area contributed by atoms with Crippen LogP contribution in [0.25, 0.3) is 22.4 Å². The molecule has 134 valence electrons. The summed E-state index contributed by atoms with van der Waals surface area (Å²) in [6.45, 7) is -0.209. The second-order valence-electron chi connectivity index (χ2n) is 5.76. The normalized spacial score (nSPS) is 10.7. The molecule has 8 heteroatoms. The minimum Gasteiger partial charge on any atom is -0.355 e. The van der Waals surface area contributed by atoms with E-state index in [9.17, 15) is 9.59 Å². The quantitative estimate of drug-likeness (QED) is 0.567. The predicted octanol–water partition coefficient (Wildman–Crippen LogP) is 2.19. The number of benzene rings is 2. The van der Waals surface area contributed by atoms with E-state index in [0.29, 0.717) is 5.76 Å². The second kappa shape index (κ2) is 7.12. The van der Waals surface area contributed by atoms with Crippen LogP contribution in [0.5, 0.6) is 0 Å². The van der Waals surface area contributed by atoms with Gasteiger partial charge in [-0.25, -0.2) is 9.66 Å². The maximum Gasteiger partial charge on any atom is 0.273 e. The molecule has 0 bridgehead atoms. The van der Waals surface area contributed by atoms with Crippen molar-refractivity contribution in [3.8, 4) is 11.3 Å². The van der Waals surface area contributed by atoms with Crippen LogP contribution in [0.15, 0.2) is 71.5 Å². The van der Waals surface area contributed by atoms with Crippen LogP contribution >= 0.6 is 0 Å². The monoisotopic (exact) mass is 361 g/mol. The third-order valence-electron chi connectivity index (χ3n) is 3.91. The van der Waals surface area contributed by atoms with E-state index in [1.165, 1.54) is 17.1 Å². The summed E-state index contributed by atoms with van der Waals surface area (Å²) in [5.74, 6) is -0.403. The van der Waals surface area contributed by atoms with E-state index < -0.39 is 11.8 Å². The molecule has 2 N–H and O–H groups in total. The smallest absolute Gasteiger partial charge is 0.273 e. The van der Waals surface area contributed by atoms with E-state index in [2.05, 4.69) is 20.9 Å². The summed E-state index contributed by atoms with van der Waals surface area (Å²) in [6.07, 6.45) is 1.51. The SMILES string of the molecule is O=C(CNC(=O)c1cc(-c2ccccc2)on1)Nn1cnc2ccccc21. The van der Waals surface area contributed by atoms with Gasteiger partial charge in [0, 0.05) is 11.6 Å². The first kappa shape index (κ1) is 16.5. The van der Waals surface area contributed by atoms with Crippen LogP contribution in [0, 0.1) is 0 Å². The summed E-state index contributed by atoms with van der Waals surface area (Å²) >= 11 is 0. The number of hydrogen-bond donors (Lipinski definition) is 2. The lowest BCUT2D eigenvalue weighted by molar-refractivity contribution is -0.116. The maximum absolute atomic E-state index is 12.2. The first-order valence-corrected chi connectivity index (χ1v) is 8.23. The third-order valence-corrected chi connectivity index (χ3v) is 3.91. The largest absolute Gasteiger partial charge is 0.355 e. The summed E-state index contributed by atoms with van der Waals surface area (Å²) in [5.41, 5.74) is 5.11. The molecular weight excluding hydrogens is 346 g/mol. The predicted molar refractivity (Wildman–Crippen MR) is 98.4 cm³/mol. The number of carbonyl (C=O) groups is 2. The average molecular weight is 361 g/mol. The Hall–Kier alpha value is -3.94. The van der Waals surface area contributed by atoms with E-state index >= 15 is 0 Å². The zero-order valence-corrected chi connectivity index (χ0v) is 14.1. The van der Waals surface area contributed by atoms with Crippen molar-refractivity contribution in [2.24, 2.45) is 0 Å². The van der Waals surface area contributed by atoms with Crippen molar-refractivity contribution >= 4 is 22.8 Å². The van der Waals surface area contributed by atoms with Crippen molar-refractivity contribution in [3.05, 3.63) is 72.7 Å². The van der Waals surface area contributed by atoms with E-state index in [0.717, 1.165) is 16.6 Å². The third kappa shape index (κ3) is 3.54. The average Bonchev–Trinajstić information content (AvgIpc) is 3.35. The lowest BCUT2D eigenvalue weighted by atomic mass is 10.1. The molecule has 0 fully saturated rings. The van der Waals surface area contributed by atoms with Gasteiger partial charge in [-0.15, -0.1) is 0 Å². The van der Waals surface area contributed by atoms with E-state index in [1.54, 1.807) is 0 Å². The van der Waals surface area contributed by atoms with Crippen molar-refractivity contribution in [3.63, 3.8) is 0 Å². The Balaban J connectivity index is 1.36. The number of fused-ring (bicyclic) bond motifs is 1. The molecule has 27 heavy (non-hydrogen) atoms. The Morgan fingerprint density at radius 1 is 1.04 bits per heavy atom. The number of imidazole rings is 1. The topological polar surface area (TPSA) is 102 Å². The van der Waals surface area contributed by atoms with Gasteiger partial charge in [-0.05, 0) is 12.1 Å². The molecule has 4 rings (SSSR count). The van der Waals surface area contributed by atoms with Gasteiger partial charge in [-0.2, -0.15) is 0 Å². The molecule has 0 aliphatic rings. The molecule has 2 heterocycles. The fourth-order valence-corrected chi connectivity index (χ4v) is 2.59. The second-order valence-corrected chi connectivity index (χ2v) is 5.76. The molecule has 0 radical (unpaired) electrons. The van der Waals surface area contributed by atoms with E-state index in [4.69, 9.17) is 4.52 Å². The molecule has 0 aliphatic carbocycles. The summed E-state index contributed by atoms with van der Waals surface area (Å²) in [5, 5.41) is 6.27. The zero-order valence-electron chi connectivity index (χ0n) is 14.1. The zero-order chi connectivity index (χ0) is 18.6. The minimum absolute atomic E-state index is 0.106. The number of hydrogen-bond acceptors (Lipinski definition) is 5. The molecule has 0 aliphatic heterocycles. The Morgan fingerprint density at radius 3 is 2.67 bits per heavy atom. The Bertz CT molecular complexity index is 1100. The van der Waals surface area contributed by atoms with Crippen molar-refractivity contribution in [1.82, 2.24) is 20.1 Å². The van der Waals surface area contributed by atoms with Gasteiger partial charge in [-0.1, -0.05) is 47.6 Å². The van der Waals surface area contributed by atoms with Crippen LogP contribution in [0.4, 0.5) is 0 Å². The molecule has 0 saturated carbocycles. The highest BCUT2D eigenvalue weighted by molar-refractivity contribution is 5.97. The lowest BCUT2D eigenvalue weighted by Crippen LogP contribution is -2.35.